The third-order valence-electron chi connectivity index (χ3n) is 7.20. The monoisotopic (exact) mass is 457 g/mol. The number of rotatable bonds is 3. The molecule has 31 heavy (non-hydrogen) atoms. The van der Waals surface area contributed by atoms with Crippen LogP contribution >= 0.6 is 22.9 Å². The second kappa shape index (κ2) is 7.41. The van der Waals surface area contributed by atoms with Gasteiger partial charge in [-0.05, 0) is 61.9 Å². The zero-order valence-corrected chi connectivity index (χ0v) is 18.8. The molecule has 6 rings (SSSR count). The summed E-state index contributed by atoms with van der Waals surface area (Å²) in [6.45, 7) is 1.92. The van der Waals surface area contributed by atoms with Gasteiger partial charge in [0.2, 0.25) is 0 Å². The highest BCUT2D eigenvalue weighted by atomic mass is 35.5. The number of nitrogens with one attached hydrogen (secondary N) is 1. The Kier molecular flexibility index (Phi) is 4.76. The first-order valence-corrected chi connectivity index (χ1v) is 12.2. The third kappa shape index (κ3) is 3.27. The normalized spacial score (nSPS) is 27.6. The number of anilines is 1. The van der Waals surface area contributed by atoms with Crippen LogP contribution in [0.3, 0.4) is 0 Å². The van der Waals surface area contributed by atoms with Crippen molar-refractivity contribution >= 4 is 38.8 Å². The Labute approximate surface area is 190 Å². The summed E-state index contributed by atoms with van der Waals surface area (Å²) in [7, 11) is 0. The molecule has 0 bridgehead atoms. The van der Waals surface area contributed by atoms with Crippen LogP contribution in [0.5, 0.6) is 0 Å². The van der Waals surface area contributed by atoms with Gasteiger partial charge in [0.05, 0.1) is 16.8 Å². The number of fused-ring (bicyclic) bond motifs is 2. The van der Waals surface area contributed by atoms with Crippen molar-refractivity contribution in [3.63, 3.8) is 0 Å². The van der Waals surface area contributed by atoms with Crippen LogP contribution in [0.15, 0.2) is 30.5 Å². The molecule has 7 heteroatoms. The van der Waals surface area contributed by atoms with Crippen molar-refractivity contribution in [3.05, 3.63) is 45.9 Å². The summed E-state index contributed by atoms with van der Waals surface area (Å²) in [5.74, 6) is 0. The van der Waals surface area contributed by atoms with Gasteiger partial charge < -0.3 is 15.3 Å². The Morgan fingerprint density at radius 2 is 2.13 bits per heavy atom. The summed E-state index contributed by atoms with van der Waals surface area (Å²) in [5.41, 5.74) is 5.71. The number of thiophene rings is 1. The number of hydrogen-bond donors (Lipinski definition) is 2. The molecule has 2 aromatic heterocycles. The molecule has 0 amide bonds. The van der Waals surface area contributed by atoms with E-state index in [0.717, 1.165) is 63.6 Å². The standard InChI is InChI=1S/C24H25ClFN3OS/c25-15-6-14-2-1-5-29(17-11-24(28-12-17)9-16(26)10-24)22(14)20(7-15)19-3-4-27-21-8-18(13-30)31-23(19)21/h3-4,6-8,16-17,28,30H,1-2,5,9-13H2. The number of aliphatic hydroxyl groups excluding tert-OH is 1. The smallest absolute Gasteiger partial charge is 0.104 e. The van der Waals surface area contributed by atoms with Crippen LogP contribution in [0.1, 0.15) is 36.1 Å². The fraction of sp³-hybridized carbons (Fsp3) is 0.458. The van der Waals surface area contributed by atoms with Crippen LogP contribution in [-0.4, -0.2) is 40.9 Å². The summed E-state index contributed by atoms with van der Waals surface area (Å²) in [6, 6.07) is 8.57. The van der Waals surface area contributed by atoms with E-state index in [1.807, 2.05) is 12.3 Å². The number of pyridine rings is 1. The van der Waals surface area contributed by atoms with E-state index < -0.39 is 6.17 Å². The summed E-state index contributed by atoms with van der Waals surface area (Å²) in [4.78, 5) is 7.98. The number of aromatic nitrogens is 1. The van der Waals surface area contributed by atoms with Gasteiger partial charge in [0.25, 0.3) is 0 Å². The van der Waals surface area contributed by atoms with E-state index in [-0.39, 0.29) is 12.1 Å². The van der Waals surface area contributed by atoms with Gasteiger partial charge >= 0.3 is 0 Å². The van der Waals surface area contributed by atoms with Crippen molar-refractivity contribution in [1.29, 1.82) is 0 Å². The molecular weight excluding hydrogens is 433 g/mol. The first-order chi connectivity index (χ1) is 15.0. The zero-order chi connectivity index (χ0) is 21.2. The van der Waals surface area contributed by atoms with Crippen LogP contribution in [-0.2, 0) is 13.0 Å². The number of halogens is 2. The van der Waals surface area contributed by atoms with Gasteiger partial charge in [-0.25, -0.2) is 4.39 Å². The second-order valence-corrected chi connectivity index (χ2v) is 10.8. The molecule has 4 heterocycles. The van der Waals surface area contributed by atoms with Crippen LogP contribution < -0.4 is 10.2 Å². The zero-order valence-electron chi connectivity index (χ0n) is 17.2. The number of hydrogen-bond acceptors (Lipinski definition) is 5. The minimum atomic E-state index is -0.654. The maximum absolute atomic E-state index is 13.6. The second-order valence-electron chi connectivity index (χ2n) is 9.23. The van der Waals surface area contributed by atoms with Gasteiger partial charge in [-0.1, -0.05) is 11.6 Å². The molecule has 2 fully saturated rings. The average Bonchev–Trinajstić information content (AvgIpc) is 3.36. The Bertz CT molecular complexity index is 1160. The average molecular weight is 458 g/mol. The van der Waals surface area contributed by atoms with Gasteiger partial charge in [-0.2, -0.15) is 0 Å². The lowest BCUT2D eigenvalue weighted by Gasteiger charge is -2.43. The van der Waals surface area contributed by atoms with E-state index >= 15 is 0 Å². The SMILES string of the molecule is OCc1cc2nccc(-c3cc(Cl)cc4c3N(C3CNC5(CC(F)C5)C3)CCC4)c2s1. The Morgan fingerprint density at radius 3 is 2.94 bits per heavy atom. The predicted molar refractivity (Wildman–Crippen MR) is 125 cm³/mol. The van der Waals surface area contributed by atoms with Crippen molar-refractivity contribution < 1.29 is 9.50 Å². The molecule has 1 saturated carbocycles. The molecule has 162 valence electrons. The summed E-state index contributed by atoms with van der Waals surface area (Å²) >= 11 is 8.18. The Hall–Kier alpha value is -1.73. The number of aryl methyl sites for hydroxylation is 1. The van der Waals surface area contributed by atoms with Crippen LogP contribution in [0, 0.1) is 0 Å². The van der Waals surface area contributed by atoms with Gasteiger partial charge in [0, 0.05) is 57.6 Å². The van der Waals surface area contributed by atoms with E-state index in [1.54, 1.807) is 11.3 Å². The molecule has 0 radical (unpaired) electrons. The lowest BCUT2D eigenvalue weighted by Crippen LogP contribution is -2.52. The summed E-state index contributed by atoms with van der Waals surface area (Å²) < 4.78 is 14.7. The molecular formula is C24H25ClFN3OS. The number of nitrogens with zero attached hydrogens (tertiary/aromatic N) is 2. The molecule has 1 aliphatic carbocycles. The van der Waals surface area contributed by atoms with Crippen molar-refractivity contribution in [2.45, 2.75) is 56.5 Å². The van der Waals surface area contributed by atoms with E-state index in [9.17, 15) is 9.50 Å². The van der Waals surface area contributed by atoms with E-state index in [2.05, 4.69) is 33.4 Å². The highest BCUT2D eigenvalue weighted by molar-refractivity contribution is 7.19. The number of alkyl halides is 1. The topological polar surface area (TPSA) is 48.4 Å². The summed E-state index contributed by atoms with van der Waals surface area (Å²) in [5, 5.41) is 14.0. The Morgan fingerprint density at radius 1 is 1.26 bits per heavy atom. The molecule has 1 saturated heterocycles. The fourth-order valence-electron chi connectivity index (χ4n) is 5.83. The molecule has 3 aromatic rings. The fourth-order valence-corrected chi connectivity index (χ4v) is 7.08. The first-order valence-electron chi connectivity index (χ1n) is 11.0. The van der Waals surface area contributed by atoms with Gasteiger partial charge in [0.15, 0.2) is 0 Å². The maximum Gasteiger partial charge on any atom is 0.104 e. The quantitative estimate of drug-likeness (QED) is 0.574. The predicted octanol–water partition coefficient (Wildman–Crippen LogP) is 5.09. The highest BCUT2D eigenvalue weighted by Crippen LogP contribution is 2.47. The largest absolute Gasteiger partial charge is 0.391 e. The lowest BCUT2D eigenvalue weighted by molar-refractivity contribution is 0.0821. The lowest BCUT2D eigenvalue weighted by atomic mass is 9.73. The van der Waals surface area contributed by atoms with Crippen molar-refractivity contribution in [2.75, 3.05) is 18.0 Å². The minimum Gasteiger partial charge on any atom is -0.391 e. The summed E-state index contributed by atoms with van der Waals surface area (Å²) in [6.07, 6.45) is 5.57. The Balaban J connectivity index is 1.47. The number of aliphatic hydroxyl groups is 1. The van der Waals surface area contributed by atoms with Gasteiger partial charge in [0.1, 0.15) is 6.17 Å². The van der Waals surface area contributed by atoms with Crippen molar-refractivity contribution in [2.24, 2.45) is 0 Å². The van der Waals surface area contributed by atoms with Crippen LogP contribution in [0.2, 0.25) is 5.02 Å². The van der Waals surface area contributed by atoms with Crippen molar-refractivity contribution in [1.82, 2.24) is 10.3 Å². The van der Waals surface area contributed by atoms with E-state index in [1.165, 1.54) is 11.3 Å². The third-order valence-corrected chi connectivity index (χ3v) is 8.56. The molecule has 2 aliphatic heterocycles. The van der Waals surface area contributed by atoms with Gasteiger partial charge in [-0.3, -0.25) is 4.98 Å². The first kappa shape index (κ1) is 19.9. The van der Waals surface area contributed by atoms with E-state index in [0.29, 0.717) is 18.9 Å². The maximum atomic E-state index is 13.6. The molecule has 1 spiro atoms. The highest BCUT2D eigenvalue weighted by Gasteiger charge is 2.50. The minimum absolute atomic E-state index is 0.0119. The molecule has 1 unspecified atom stereocenters. The molecule has 3 aliphatic rings. The van der Waals surface area contributed by atoms with E-state index in [4.69, 9.17) is 11.6 Å². The number of benzene rings is 1. The molecule has 1 aromatic carbocycles. The van der Waals surface area contributed by atoms with Crippen LogP contribution in [0.25, 0.3) is 21.3 Å². The molecule has 2 N–H and O–H groups in total. The van der Waals surface area contributed by atoms with Crippen molar-refractivity contribution in [3.8, 4) is 11.1 Å². The van der Waals surface area contributed by atoms with Crippen LogP contribution in [0.4, 0.5) is 10.1 Å². The molecule has 1 atom stereocenters. The molecule has 4 nitrogen and oxygen atoms in total. The van der Waals surface area contributed by atoms with Gasteiger partial charge in [-0.15, -0.1) is 11.3 Å².